The van der Waals surface area contributed by atoms with Crippen molar-refractivity contribution in [1.29, 1.82) is 0 Å². The first-order valence-corrected chi connectivity index (χ1v) is 7.75. The van der Waals surface area contributed by atoms with Crippen LogP contribution in [-0.2, 0) is 6.42 Å². The van der Waals surface area contributed by atoms with Gasteiger partial charge in [-0.05, 0) is 32.5 Å². The average Bonchev–Trinajstić information content (AvgIpc) is 2.47. The second-order valence-electron chi connectivity index (χ2n) is 4.86. The predicted molar refractivity (Wildman–Crippen MR) is 86.5 cm³/mol. The van der Waals surface area contributed by atoms with E-state index in [0.717, 1.165) is 62.9 Å². The summed E-state index contributed by atoms with van der Waals surface area (Å²) in [6.07, 6.45) is 3.11. The molecule has 0 saturated heterocycles. The third-order valence-electron chi connectivity index (χ3n) is 3.35. The Labute approximate surface area is 123 Å². The van der Waals surface area contributed by atoms with Gasteiger partial charge in [0, 0.05) is 26.1 Å². The van der Waals surface area contributed by atoms with Gasteiger partial charge >= 0.3 is 0 Å². The van der Waals surface area contributed by atoms with Crippen LogP contribution in [-0.4, -0.2) is 48.1 Å². The third-order valence-corrected chi connectivity index (χ3v) is 3.35. The van der Waals surface area contributed by atoms with E-state index in [9.17, 15) is 0 Å². The lowest BCUT2D eigenvalue weighted by atomic mass is 10.3. The molecule has 0 aliphatic carbocycles. The zero-order valence-corrected chi connectivity index (χ0v) is 13.4. The highest BCUT2D eigenvalue weighted by atomic mass is 15.1. The summed E-state index contributed by atoms with van der Waals surface area (Å²) >= 11 is 0. The minimum Gasteiger partial charge on any atom is -0.373 e. The first kappa shape index (κ1) is 16.7. The molecule has 0 atom stereocenters. The van der Waals surface area contributed by atoms with Gasteiger partial charge in [0.05, 0.1) is 0 Å². The summed E-state index contributed by atoms with van der Waals surface area (Å²) in [6.45, 7) is 10.9. The van der Waals surface area contributed by atoms with E-state index in [2.05, 4.69) is 46.3 Å². The van der Waals surface area contributed by atoms with Crippen LogP contribution < -0.4 is 10.6 Å². The van der Waals surface area contributed by atoms with Gasteiger partial charge in [-0.2, -0.15) is 0 Å². The topological polar surface area (TPSA) is 53.1 Å². The van der Waals surface area contributed by atoms with Crippen molar-refractivity contribution in [2.45, 2.75) is 40.0 Å². The van der Waals surface area contributed by atoms with Gasteiger partial charge in [-0.1, -0.05) is 20.8 Å². The largest absolute Gasteiger partial charge is 0.373 e. The van der Waals surface area contributed by atoms with Gasteiger partial charge in [-0.3, -0.25) is 0 Å². The van der Waals surface area contributed by atoms with E-state index in [1.807, 2.05) is 13.1 Å². The Morgan fingerprint density at radius 1 is 1.10 bits per heavy atom. The lowest BCUT2D eigenvalue weighted by Crippen LogP contribution is -2.25. The molecular weight excluding hydrogens is 250 g/mol. The van der Waals surface area contributed by atoms with E-state index in [-0.39, 0.29) is 0 Å². The summed E-state index contributed by atoms with van der Waals surface area (Å²) in [6, 6.07) is 1.97. The monoisotopic (exact) mass is 279 g/mol. The normalized spacial score (nSPS) is 10.8. The standard InChI is InChI=1S/C15H29N5/c1-5-9-13-18-14(16-4)12-15(19-13)17-10-8-11-20(6-2)7-3/h12H,5-11H2,1-4H3,(H2,16,17,18,19). The van der Waals surface area contributed by atoms with Crippen LogP contribution in [0.25, 0.3) is 0 Å². The van der Waals surface area contributed by atoms with E-state index in [4.69, 9.17) is 0 Å². The van der Waals surface area contributed by atoms with Crippen molar-refractivity contribution in [3.8, 4) is 0 Å². The van der Waals surface area contributed by atoms with E-state index in [1.54, 1.807) is 0 Å². The van der Waals surface area contributed by atoms with Gasteiger partial charge < -0.3 is 15.5 Å². The lowest BCUT2D eigenvalue weighted by Gasteiger charge is -2.18. The lowest BCUT2D eigenvalue weighted by molar-refractivity contribution is 0.303. The molecule has 1 heterocycles. The Morgan fingerprint density at radius 2 is 1.80 bits per heavy atom. The Hall–Kier alpha value is -1.36. The molecule has 0 amide bonds. The highest BCUT2D eigenvalue weighted by Crippen LogP contribution is 2.12. The number of aryl methyl sites for hydroxylation is 1. The number of aromatic nitrogens is 2. The predicted octanol–water partition coefficient (Wildman–Crippen LogP) is 2.61. The van der Waals surface area contributed by atoms with Crippen molar-refractivity contribution in [1.82, 2.24) is 14.9 Å². The molecule has 0 bridgehead atoms. The fraction of sp³-hybridized carbons (Fsp3) is 0.733. The number of rotatable bonds is 10. The maximum atomic E-state index is 4.55. The fourth-order valence-electron chi connectivity index (χ4n) is 2.11. The molecule has 1 aromatic rings. The Kier molecular flexibility index (Phi) is 7.95. The van der Waals surface area contributed by atoms with Gasteiger partial charge in [-0.25, -0.2) is 9.97 Å². The Morgan fingerprint density at radius 3 is 2.40 bits per heavy atom. The third kappa shape index (κ3) is 5.74. The molecule has 114 valence electrons. The van der Waals surface area contributed by atoms with E-state index >= 15 is 0 Å². The Balaban J connectivity index is 2.48. The van der Waals surface area contributed by atoms with Gasteiger partial charge in [0.15, 0.2) is 0 Å². The van der Waals surface area contributed by atoms with Crippen molar-refractivity contribution < 1.29 is 0 Å². The van der Waals surface area contributed by atoms with Crippen LogP contribution in [0.3, 0.4) is 0 Å². The molecule has 0 saturated carbocycles. The highest BCUT2D eigenvalue weighted by Gasteiger charge is 2.03. The molecular formula is C15H29N5. The molecule has 1 rings (SSSR count). The summed E-state index contributed by atoms with van der Waals surface area (Å²) in [5, 5.41) is 6.50. The van der Waals surface area contributed by atoms with Gasteiger partial charge in [0.2, 0.25) is 0 Å². The van der Waals surface area contributed by atoms with Crippen LogP contribution in [0.4, 0.5) is 11.6 Å². The van der Waals surface area contributed by atoms with Crippen molar-refractivity contribution >= 4 is 11.6 Å². The molecule has 0 spiro atoms. The highest BCUT2D eigenvalue weighted by molar-refractivity contribution is 5.47. The SMILES string of the molecule is CCCc1nc(NC)cc(NCCCN(CC)CC)n1. The summed E-state index contributed by atoms with van der Waals surface area (Å²) < 4.78 is 0. The molecule has 0 unspecified atom stereocenters. The molecule has 0 radical (unpaired) electrons. The summed E-state index contributed by atoms with van der Waals surface area (Å²) in [4.78, 5) is 11.4. The molecule has 0 aliphatic rings. The molecule has 0 aliphatic heterocycles. The van der Waals surface area contributed by atoms with Crippen LogP contribution >= 0.6 is 0 Å². The number of hydrogen-bond donors (Lipinski definition) is 2. The van der Waals surface area contributed by atoms with Crippen molar-refractivity contribution in [3.63, 3.8) is 0 Å². The van der Waals surface area contributed by atoms with Crippen LogP contribution in [0, 0.1) is 0 Å². The summed E-state index contributed by atoms with van der Waals surface area (Å²) in [7, 11) is 1.89. The molecule has 5 nitrogen and oxygen atoms in total. The molecule has 0 fully saturated rings. The molecule has 2 N–H and O–H groups in total. The van der Waals surface area contributed by atoms with Crippen LogP contribution in [0.15, 0.2) is 6.07 Å². The fourth-order valence-corrected chi connectivity index (χ4v) is 2.11. The first-order chi connectivity index (χ1) is 9.73. The Bertz CT molecular complexity index is 377. The minimum absolute atomic E-state index is 0.884. The second-order valence-corrected chi connectivity index (χ2v) is 4.86. The van der Waals surface area contributed by atoms with Crippen LogP contribution in [0.1, 0.15) is 39.4 Å². The van der Waals surface area contributed by atoms with Crippen molar-refractivity contribution in [3.05, 3.63) is 11.9 Å². The summed E-state index contributed by atoms with van der Waals surface area (Å²) in [5.74, 6) is 2.72. The second kappa shape index (κ2) is 9.53. The minimum atomic E-state index is 0.884. The average molecular weight is 279 g/mol. The number of hydrogen-bond acceptors (Lipinski definition) is 5. The van der Waals surface area contributed by atoms with Gasteiger partial charge in [0.25, 0.3) is 0 Å². The maximum absolute atomic E-state index is 4.55. The van der Waals surface area contributed by atoms with E-state index in [1.165, 1.54) is 0 Å². The molecule has 20 heavy (non-hydrogen) atoms. The number of nitrogens with zero attached hydrogens (tertiary/aromatic N) is 3. The van der Waals surface area contributed by atoms with E-state index in [0.29, 0.717) is 0 Å². The zero-order valence-electron chi connectivity index (χ0n) is 13.4. The van der Waals surface area contributed by atoms with E-state index < -0.39 is 0 Å². The van der Waals surface area contributed by atoms with Crippen molar-refractivity contribution in [2.24, 2.45) is 0 Å². The molecule has 1 aromatic heterocycles. The number of nitrogens with one attached hydrogen (secondary N) is 2. The summed E-state index contributed by atoms with van der Waals surface area (Å²) in [5.41, 5.74) is 0. The molecule has 0 aromatic carbocycles. The zero-order chi connectivity index (χ0) is 14.8. The van der Waals surface area contributed by atoms with Crippen LogP contribution in [0.5, 0.6) is 0 Å². The van der Waals surface area contributed by atoms with Gasteiger partial charge in [-0.15, -0.1) is 0 Å². The first-order valence-electron chi connectivity index (χ1n) is 7.75. The molecule has 5 heteroatoms. The maximum Gasteiger partial charge on any atom is 0.133 e. The van der Waals surface area contributed by atoms with Gasteiger partial charge in [0.1, 0.15) is 17.5 Å². The number of anilines is 2. The van der Waals surface area contributed by atoms with Crippen molar-refractivity contribution in [2.75, 3.05) is 43.9 Å². The quantitative estimate of drug-likeness (QED) is 0.645. The van der Waals surface area contributed by atoms with Crippen LogP contribution in [0.2, 0.25) is 0 Å². The smallest absolute Gasteiger partial charge is 0.133 e.